The highest BCUT2D eigenvalue weighted by molar-refractivity contribution is 6.85. The normalized spacial score (nSPS) is 22.0. The number of hydrogen-bond acceptors (Lipinski definition) is 30. The molecule has 772 valence electrons. The topological polar surface area (TPSA) is 430 Å². The Kier molecular flexibility index (Phi) is 55.8. The number of rotatable bonds is 41. The van der Waals surface area contributed by atoms with E-state index in [0.717, 1.165) is 51.9 Å². The van der Waals surface area contributed by atoms with Crippen molar-refractivity contribution in [1.82, 2.24) is 54.8 Å². The lowest BCUT2D eigenvalue weighted by atomic mass is 10.4. The van der Waals surface area contributed by atoms with Crippen molar-refractivity contribution in [3.8, 4) is 0 Å². The van der Waals surface area contributed by atoms with Gasteiger partial charge in [0.05, 0.1) is 25.8 Å². The summed E-state index contributed by atoms with van der Waals surface area (Å²) in [5.74, 6) is 0. The van der Waals surface area contributed by atoms with E-state index in [-0.39, 0.29) is 65.1 Å². The van der Waals surface area contributed by atoms with E-state index in [1.165, 1.54) is 67.0 Å². The van der Waals surface area contributed by atoms with Gasteiger partial charge in [-0.1, -0.05) is 38.3 Å². The average Bonchev–Trinajstić information content (AvgIpc) is 0.790. The Morgan fingerprint density at radius 3 is 0.844 bits per heavy atom. The minimum absolute atomic E-state index is 0.00130. The zero-order valence-electron chi connectivity index (χ0n) is 85.7. The summed E-state index contributed by atoms with van der Waals surface area (Å²) in [5, 5.41) is 0. The van der Waals surface area contributed by atoms with Crippen molar-refractivity contribution >= 4 is 183 Å². The van der Waals surface area contributed by atoms with Crippen LogP contribution in [0.25, 0.3) is 12.4 Å². The van der Waals surface area contributed by atoms with Crippen molar-refractivity contribution in [2.45, 2.75) is 304 Å². The lowest BCUT2D eigenvalue weighted by Gasteiger charge is -2.37. The van der Waals surface area contributed by atoms with Crippen LogP contribution in [0.3, 0.4) is 0 Å². The monoisotopic (exact) mass is 2230 g/mol. The average molecular weight is 2230 g/mol. The van der Waals surface area contributed by atoms with Gasteiger partial charge in [0.1, 0.15) is 0 Å². The fourth-order valence-corrected chi connectivity index (χ4v) is 79.7. The molecule has 7 rings (SSSR count). The van der Waals surface area contributed by atoms with Crippen LogP contribution in [-0.2, 0) is 140 Å². The highest BCUT2D eigenvalue weighted by atomic mass is 28.5. The maximum absolute atomic E-state index is 13.5. The molecule has 0 aromatic carbocycles. The lowest BCUT2D eigenvalue weighted by molar-refractivity contribution is 0.122. The fraction of sp³-hybridized carbons (Fsp3) is 0.676. The van der Waals surface area contributed by atoms with Crippen LogP contribution >= 0.6 is 0 Å². The summed E-state index contributed by atoms with van der Waals surface area (Å²) in [7, 11) is -30.6. The molecule has 3 aliphatic rings. The SMILES string of the molecule is C=C.C=CCn1c(=O)n(C=C)c(=O)n(CC=C)c1=O.C=CCn1c(=O)n(C=C)c(=O)n(CCC[Si](OC)(OC)OC)c1=O.CCCn1c(=O)n(CCC[Si]2(C)O[SiH](C)O[SiH](C)O[SiH](C)O2)c(=O)n(CCC[Si]2(C)O[SiH](C)O[SiH](C)O[SiH](C)O2)c1=O.C[SiH](C)O[Si](C)(C)CCCn1c(=O)n(CCC[Si](C)(C)O[Si](C)(C)C)c(=O)n(C[Si](C)(C)O[SiH](C)C)c1=O.C[SiH]1O[SiH](C)O[SiH](C)O[SiH](C)O1. The molecule has 0 aliphatic carbocycles. The molecule has 3 aliphatic heterocycles. The van der Waals surface area contributed by atoms with E-state index >= 15 is 0 Å². The van der Waals surface area contributed by atoms with E-state index in [0.29, 0.717) is 56.7 Å². The first-order valence-corrected chi connectivity index (χ1v) is 92.1. The van der Waals surface area contributed by atoms with E-state index in [1.54, 1.807) is 0 Å². The third kappa shape index (κ3) is 41.8. The standard InChI is InChI=1S/C23H55N3O6Si6.C20H49N3O11Si8.C14H23N3O6Si.C11H13N3O3.C4H16O4Si4.C2H4/c1-33(2)30-36(8,9)18-14-16-24-21(27)25(17-15-19-37(10,11)32-35(5,6)7)23(29)26(22(24)28)20-38(12,13)31-34(3)4;1-10-13-21-18(24)22(14-11-16-41(8)31-37(4)27-35(2)28-38(5)32-41)20(26)23(19(21)25)15-12-17-42(9)33-39(6)29-36(3)30-40(7)34-42;1-6-9-16-12(18)15(7-2)13(19)17(14(16)20)10-8-11-24(21-3,22-4)23-5;1-4-7-13-9(15)12(6-3)10(16)14(8-5-2)11(13)17;1-9-5-10(2)7-12(4)8-11(3)6-9;1-2/h33-34H,14-20H2,1-13H3;35-40H,10-17H2,1-9H3;6-7H,1-2,8-11H2,3-5H3;4-6H,1-3,7-8H2;9-12H,1-4H3;1-2H2. The Morgan fingerprint density at radius 2 is 0.570 bits per heavy atom. The van der Waals surface area contributed by atoms with Crippen LogP contribution in [0.15, 0.2) is 122 Å². The van der Waals surface area contributed by atoms with Gasteiger partial charge >= 0.3 is 94.2 Å². The fourth-order valence-electron chi connectivity index (χ4n) is 15.6. The molecule has 0 bridgehead atoms. The smallest absolute Gasteiger partial charge is 0.458 e. The Hall–Kier alpha value is -4.52. The van der Waals surface area contributed by atoms with Crippen molar-refractivity contribution in [2.75, 3.05) is 21.3 Å². The molecule has 0 radical (unpaired) electrons. The summed E-state index contributed by atoms with van der Waals surface area (Å²) in [6, 6.07) is 3.28. The maximum Gasteiger partial charge on any atom is 0.500 e. The van der Waals surface area contributed by atoms with Crippen molar-refractivity contribution in [3.05, 3.63) is 190 Å². The zero-order chi connectivity index (χ0) is 103. The van der Waals surface area contributed by atoms with Crippen LogP contribution in [-0.4, -0.2) is 246 Å². The second-order valence-corrected chi connectivity index (χ2v) is 91.3. The molecular formula is C74H160N12O30Si19. The number of nitrogens with zero attached hydrogens (tertiary/aromatic N) is 12. The molecule has 3 fully saturated rings. The molecule has 42 nitrogen and oxygen atoms in total. The van der Waals surface area contributed by atoms with Crippen LogP contribution in [0.2, 0.25) is 194 Å². The molecule has 0 saturated carbocycles. The summed E-state index contributed by atoms with van der Waals surface area (Å²) in [6.45, 7) is 78.4. The van der Waals surface area contributed by atoms with Gasteiger partial charge in [-0.25, -0.2) is 112 Å². The maximum atomic E-state index is 13.5. The molecule has 4 atom stereocenters. The highest BCUT2D eigenvalue weighted by Gasteiger charge is 2.43. The third-order valence-corrected chi connectivity index (χ3v) is 81.2. The van der Waals surface area contributed by atoms with Gasteiger partial charge in [0, 0.05) is 79.0 Å². The molecule has 7 heterocycles. The molecule has 4 unspecified atom stereocenters. The zero-order valence-corrected chi connectivity index (χ0v) is 107. The molecule has 61 heteroatoms. The van der Waals surface area contributed by atoms with E-state index < -0.39 is 238 Å². The first kappa shape index (κ1) is 127. The summed E-state index contributed by atoms with van der Waals surface area (Å²) < 4.78 is 120. The Labute approximate surface area is 822 Å². The second-order valence-electron chi connectivity index (χ2n) is 35.8. The van der Waals surface area contributed by atoms with Gasteiger partial charge in [-0.3, -0.25) is 0 Å². The van der Waals surface area contributed by atoms with Crippen LogP contribution in [0, 0.1) is 0 Å². The Balaban J connectivity index is 0.000000603. The summed E-state index contributed by atoms with van der Waals surface area (Å²) in [5.41, 5.74) is -7.58. The van der Waals surface area contributed by atoms with Crippen LogP contribution in [0.1, 0.15) is 45.4 Å². The first-order chi connectivity index (χ1) is 62.8. The van der Waals surface area contributed by atoms with Crippen molar-refractivity contribution in [2.24, 2.45) is 0 Å². The van der Waals surface area contributed by atoms with Crippen LogP contribution in [0.5, 0.6) is 0 Å². The van der Waals surface area contributed by atoms with Crippen molar-refractivity contribution in [1.29, 1.82) is 0 Å². The minimum atomic E-state index is -2.80. The summed E-state index contributed by atoms with van der Waals surface area (Å²) >= 11 is 0. The summed E-state index contributed by atoms with van der Waals surface area (Å²) in [4.78, 5) is 153. The quantitative estimate of drug-likeness (QED) is 0.0454. The Morgan fingerprint density at radius 1 is 0.333 bits per heavy atom. The van der Waals surface area contributed by atoms with Gasteiger partial charge in [-0.05, 0) is 226 Å². The number of hydrogen-bond donors (Lipinski definition) is 0. The van der Waals surface area contributed by atoms with Gasteiger partial charge in [0.25, 0.3) is 92.8 Å². The van der Waals surface area contributed by atoms with Gasteiger partial charge < -0.3 is 75.0 Å². The number of allylic oxidation sites excluding steroid dienone is 3. The predicted octanol–water partition coefficient (Wildman–Crippen LogP) is 3.37. The molecule has 4 aromatic rings. The third-order valence-electron chi connectivity index (χ3n) is 20.3. The predicted molar refractivity (Wildman–Crippen MR) is 579 cm³/mol. The van der Waals surface area contributed by atoms with Gasteiger partial charge in [-0.15, -0.1) is 32.9 Å². The van der Waals surface area contributed by atoms with Crippen LogP contribution < -0.4 is 68.3 Å². The van der Waals surface area contributed by atoms with Gasteiger partial charge in [-0.2, -0.15) is 0 Å². The number of aromatic nitrogens is 12. The molecule has 0 spiro atoms. The minimum Gasteiger partial charge on any atom is -0.458 e. The lowest BCUT2D eigenvalue weighted by Crippen LogP contribution is -2.58. The second kappa shape index (κ2) is 59.5. The van der Waals surface area contributed by atoms with Gasteiger partial charge in [0.2, 0.25) is 0 Å². The van der Waals surface area contributed by atoms with E-state index in [4.69, 9.17) is 75.0 Å². The first-order valence-electron chi connectivity index (χ1n) is 45.8. The molecule has 0 amide bonds. The Bertz CT molecular complexity index is 5030. The molecule has 135 heavy (non-hydrogen) atoms. The van der Waals surface area contributed by atoms with Crippen molar-refractivity contribution < 1.29 is 75.0 Å². The van der Waals surface area contributed by atoms with Crippen molar-refractivity contribution in [3.63, 3.8) is 0 Å². The van der Waals surface area contributed by atoms with E-state index in [1.807, 2.05) is 98.6 Å². The molecule has 0 N–H and O–H groups in total. The molecule has 3 saturated heterocycles. The molecule has 4 aromatic heterocycles. The molecular weight excluding hydrogens is 2070 g/mol. The largest absolute Gasteiger partial charge is 0.500 e. The summed E-state index contributed by atoms with van der Waals surface area (Å²) in [6.07, 6.45) is 9.94. The highest BCUT2D eigenvalue weighted by Crippen LogP contribution is 2.26. The van der Waals surface area contributed by atoms with Crippen LogP contribution in [0.4, 0.5) is 0 Å². The van der Waals surface area contributed by atoms with Gasteiger partial charge in [0.15, 0.2) is 51.4 Å². The van der Waals surface area contributed by atoms with E-state index in [9.17, 15) is 57.5 Å². The van der Waals surface area contributed by atoms with E-state index in [2.05, 4.69) is 118 Å².